The van der Waals surface area contributed by atoms with Gasteiger partial charge < -0.3 is 4.90 Å². The maximum Gasteiger partial charge on any atom is 0.258 e. The first-order valence-corrected chi connectivity index (χ1v) is 5.28. The Balaban J connectivity index is 2.53. The van der Waals surface area contributed by atoms with E-state index in [4.69, 9.17) is 0 Å². The summed E-state index contributed by atoms with van der Waals surface area (Å²) in [6.07, 6.45) is 0. The molecule has 14 heavy (non-hydrogen) atoms. The van der Waals surface area contributed by atoms with Gasteiger partial charge in [-0.25, -0.2) is 0 Å². The molecular formula is C11H11NOS. The minimum Gasteiger partial charge on any atom is -0.315 e. The summed E-state index contributed by atoms with van der Waals surface area (Å²) in [7, 11) is 1.80. The topological polar surface area (TPSA) is 20.3 Å². The zero-order valence-corrected chi connectivity index (χ0v) is 8.97. The van der Waals surface area contributed by atoms with E-state index in [2.05, 4.69) is 0 Å². The van der Waals surface area contributed by atoms with E-state index in [0.29, 0.717) is 0 Å². The Morgan fingerprint density at radius 2 is 2.00 bits per heavy atom. The zero-order valence-electron chi connectivity index (χ0n) is 8.15. The molecule has 0 saturated heterocycles. The third kappa shape index (κ3) is 1.44. The van der Waals surface area contributed by atoms with Crippen LogP contribution in [-0.4, -0.2) is 17.9 Å². The lowest BCUT2D eigenvalue weighted by molar-refractivity contribution is 0.0834. The summed E-state index contributed by atoms with van der Waals surface area (Å²) in [5.74, 6) is 0.0688. The molecule has 0 saturated carbocycles. The summed E-state index contributed by atoms with van der Waals surface area (Å²) in [5.41, 5.74) is 1.77. The van der Waals surface area contributed by atoms with Crippen molar-refractivity contribution in [1.82, 2.24) is 4.90 Å². The van der Waals surface area contributed by atoms with Crippen LogP contribution in [0.4, 0.5) is 0 Å². The van der Waals surface area contributed by atoms with Crippen molar-refractivity contribution in [2.45, 2.75) is 11.8 Å². The first kappa shape index (κ1) is 9.34. The molecule has 1 heterocycles. The molecule has 2 rings (SSSR count). The van der Waals surface area contributed by atoms with Crippen LogP contribution in [0.1, 0.15) is 17.3 Å². The third-order valence-corrected chi connectivity index (χ3v) is 3.38. The van der Waals surface area contributed by atoms with Gasteiger partial charge in [0.25, 0.3) is 5.91 Å². The molecule has 1 amide bonds. The number of fused-ring (bicyclic) bond motifs is 1. The highest BCUT2D eigenvalue weighted by Gasteiger charge is 2.19. The molecule has 0 fully saturated rings. The maximum absolute atomic E-state index is 11.9. The van der Waals surface area contributed by atoms with Crippen LogP contribution in [0, 0.1) is 0 Å². The molecule has 0 aliphatic carbocycles. The number of thioether (sulfide) groups is 1. The summed E-state index contributed by atoms with van der Waals surface area (Å²) in [6, 6.07) is 7.69. The highest BCUT2D eigenvalue weighted by atomic mass is 32.2. The van der Waals surface area contributed by atoms with Crippen LogP contribution in [-0.2, 0) is 0 Å². The Morgan fingerprint density at radius 1 is 1.29 bits per heavy atom. The van der Waals surface area contributed by atoms with Crippen LogP contribution in [0.2, 0.25) is 0 Å². The van der Waals surface area contributed by atoms with Crippen LogP contribution in [0.3, 0.4) is 0 Å². The fourth-order valence-corrected chi connectivity index (χ4v) is 2.21. The Hall–Kier alpha value is -1.22. The summed E-state index contributed by atoms with van der Waals surface area (Å²) in [5, 5.41) is 2.00. The minimum absolute atomic E-state index is 0.0688. The number of amides is 1. The van der Waals surface area contributed by atoms with E-state index in [9.17, 15) is 4.79 Å². The molecule has 0 unspecified atom stereocenters. The van der Waals surface area contributed by atoms with Gasteiger partial charge in [0.2, 0.25) is 0 Å². The molecule has 1 aliphatic heterocycles. The summed E-state index contributed by atoms with van der Waals surface area (Å²) >= 11 is 1.60. The van der Waals surface area contributed by atoms with Crippen LogP contribution < -0.4 is 0 Å². The van der Waals surface area contributed by atoms with Gasteiger partial charge in [-0.3, -0.25) is 4.79 Å². The first-order valence-electron chi connectivity index (χ1n) is 4.40. The van der Waals surface area contributed by atoms with Gasteiger partial charge >= 0.3 is 0 Å². The number of benzene rings is 1. The Bertz CT molecular complexity index is 412. The largest absolute Gasteiger partial charge is 0.315 e. The average Bonchev–Trinajstić information content (AvgIpc) is 2.32. The van der Waals surface area contributed by atoms with Gasteiger partial charge in [-0.05, 0) is 24.5 Å². The maximum atomic E-state index is 11.9. The van der Waals surface area contributed by atoms with Gasteiger partial charge in [-0.2, -0.15) is 0 Å². The van der Waals surface area contributed by atoms with Gasteiger partial charge in [0.05, 0.1) is 5.56 Å². The second-order valence-corrected chi connectivity index (χ2v) is 4.15. The predicted molar refractivity (Wildman–Crippen MR) is 58.1 cm³/mol. The van der Waals surface area contributed by atoms with Crippen LogP contribution >= 0.6 is 11.8 Å². The van der Waals surface area contributed by atoms with Gasteiger partial charge in [0, 0.05) is 17.6 Å². The first-order chi connectivity index (χ1) is 6.70. The molecule has 0 N–H and O–H groups in total. The molecular weight excluding hydrogens is 194 g/mol. The molecule has 0 spiro atoms. The van der Waals surface area contributed by atoms with E-state index in [1.54, 1.807) is 23.7 Å². The quantitative estimate of drug-likeness (QED) is 0.649. The van der Waals surface area contributed by atoms with E-state index >= 15 is 0 Å². The van der Waals surface area contributed by atoms with E-state index in [-0.39, 0.29) is 5.91 Å². The van der Waals surface area contributed by atoms with E-state index in [0.717, 1.165) is 16.2 Å². The monoisotopic (exact) mass is 205 g/mol. The number of carbonyl (C=O) groups excluding carboxylic acids is 1. The molecule has 0 radical (unpaired) electrons. The Kier molecular flexibility index (Phi) is 2.33. The lowest BCUT2D eigenvalue weighted by Crippen LogP contribution is -2.24. The fraction of sp³-hybridized carbons (Fsp3) is 0.182. The second kappa shape index (κ2) is 3.50. The van der Waals surface area contributed by atoms with Gasteiger partial charge in [-0.15, -0.1) is 0 Å². The molecule has 2 nitrogen and oxygen atoms in total. The van der Waals surface area contributed by atoms with Crippen molar-refractivity contribution in [3.63, 3.8) is 0 Å². The summed E-state index contributed by atoms with van der Waals surface area (Å²) in [6.45, 7) is 1.94. The Labute approximate surface area is 87.6 Å². The van der Waals surface area contributed by atoms with E-state index in [1.165, 1.54) is 0 Å². The second-order valence-electron chi connectivity index (χ2n) is 3.24. The van der Waals surface area contributed by atoms with E-state index < -0.39 is 0 Å². The van der Waals surface area contributed by atoms with Crippen molar-refractivity contribution in [2.24, 2.45) is 0 Å². The van der Waals surface area contributed by atoms with Gasteiger partial charge in [0.15, 0.2) is 0 Å². The number of hydrogen-bond acceptors (Lipinski definition) is 2. The Morgan fingerprint density at radius 3 is 2.79 bits per heavy atom. The molecule has 72 valence electrons. The highest BCUT2D eigenvalue weighted by Crippen LogP contribution is 2.29. The van der Waals surface area contributed by atoms with Crippen molar-refractivity contribution >= 4 is 17.7 Å². The molecule has 3 heteroatoms. The molecule has 0 aromatic heterocycles. The smallest absolute Gasteiger partial charge is 0.258 e. The zero-order chi connectivity index (χ0) is 10.1. The third-order valence-electron chi connectivity index (χ3n) is 2.31. The average molecular weight is 205 g/mol. The lowest BCUT2D eigenvalue weighted by atomic mass is 10.2. The summed E-state index contributed by atoms with van der Waals surface area (Å²) < 4.78 is 0. The van der Waals surface area contributed by atoms with Crippen molar-refractivity contribution < 1.29 is 4.79 Å². The van der Waals surface area contributed by atoms with Gasteiger partial charge in [0.1, 0.15) is 0 Å². The SMILES string of the molecule is CC1=CSc2ccccc2C(=O)N1C. The molecule has 0 atom stereocenters. The molecule has 1 aromatic carbocycles. The van der Waals surface area contributed by atoms with Gasteiger partial charge in [-0.1, -0.05) is 23.9 Å². The number of allylic oxidation sites excluding steroid dienone is 1. The fourth-order valence-electron chi connectivity index (χ4n) is 1.31. The summed E-state index contributed by atoms with van der Waals surface area (Å²) in [4.78, 5) is 14.6. The molecule has 0 bridgehead atoms. The van der Waals surface area contributed by atoms with Crippen LogP contribution in [0.25, 0.3) is 0 Å². The van der Waals surface area contributed by atoms with Crippen molar-refractivity contribution in [2.75, 3.05) is 7.05 Å². The van der Waals surface area contributed by atoms with Crippen molar-refractivity contribution in [1.29, 1.82) is 0 Å². The number of nitrogens with zero attached hydrogens (tertiary/aromatic N) is 1. The van der Waals surface area contributed by atoms with Crippen molar-refractivity contribution in [3.05, 3.63) is 40.9 Å². The molecule has 1 aromatic rings. The number of hydrogen-bond donors (Lipinski definition) is 0. The standard InChI is InChI=1S/C11H11NOS/c1-8-7-14-10-6-4-3-5-9(10)11(13)12(8)2/h3-7H,1-2H3. The van der Waals surface area contributed by atoms with Crippen molar-refractivity contribution in [3.8, 4) is 0 Å². The lowest BCUT2D eigenvalue weighted by Gasteiger charge is -2.15. The number of rotatable bonds is 0. The highest BCUT2D eigenvalue weighted by molar-refractivity contribution is 8.02. The van der Waals surface area contributed by atoms with Crippen LogP contribution in [0.5, 0.6) is 0 Å². The predicted octanol–water partition coefficient (Wildman–Crippen LogP) is 2.73. The van der Waals surface area contributed by atoms with Crippen LogP contribution in [0.15, 0.2) is 40.3 Å². The van der Waals surface area contributed by atoms with E-state index in [1.807, 2.05) is 36.6 Å². The molecule has 1 aliphatic rings. The minimum atomic E-state index is 0.0688. The normalized spacial score (nSPS) is 16.0. The number of carbonyl (C=O) groups is 1.